The van der Waals surface area contributed by atoms with E-state index in [1.54, 1.807) is 6.20 Å². The predicted octanol–water partition coefficient (Wildman–Crippen LogP) is 3.95. The Balaban J connectivity index is 1.97. The van der Waals surface area contributed by atoms with Gasteiger partial charge < -0.3 is 5.32 Å². The molecular formula is C16H12BrN3O. The standard InChI is InChI=1S/C16H12BrN3O/c1-10-8-19-15(9-18-10)16(21)20-14-7-6-13(17)11-4-2-3-5-12(11)14/h2-9H,1H3,(H,20,21). The first-order valence-corrected chi connectivity index (χ1v) is 7.22. The van der Waals surface area contributed by atoms with E-state index >= 15 is 0 Å². The molecule has 0 bridgehead atoms. The first-order chi connectivity index (χ1) is 10.1. The summed E-state index contributed by atoms with van der Waals surface area (Å²) in [6.45, 7) is 1.83. The van der Waals surface area contributed by atoms with Crippen molar-refractivity contribution in [2.45, 2.75) is 6.92 Å². The zero-order valence-corrected chi connectivity index (χ0v) is 12.9. The van der Waals surface area contributed by atoms with Gasteiger partial charge in [0.25, 0.3) is 5.91 Å². The molecule has 1 N–H and O–H groups in total. The second-order valence-electron chi connectivity index (χ2n) is 4.64. The van der Waals surface area contributed by atoms with Crippen LogP contribution in [0.25, 0.3) is 10.8 Å². The maximum absolute atomic E-state index is 12.2. The number of benzene rings is 2. The fourth-order valence-corrected chi connectivity index (χ4v) is 2.55. The van der Waals surface area contributed by atoms with Crippen LogP contribution in [0.3, 0.4) is 0 Å². The van der Waals surface area contributed by atoms with E-state index in [2.05, 4.69) is 31.2 Å². The summed E-state index contributed by atoms with van der Waals surface area (Å²) in [6.07, 6.45) is 3.06. The summed E-state index contributed by atoms with van der Waals surface area (Å²) in [5, 5.41) is 4.90. The quantitative estimate of drug-likeness (QED) is 0.767. The molecule has 2 aromatic carbocycles. The monoisotopic (exact) mass is 341 g/mol. The molecule has 1 aromatic heterocycles. The van der Waals surface area contributed by atoms with E-state index in [4.69, 9.17) is 0 Å². The van der Waals surface area contributed by atoms with Gasteiger partial charge in [-0.1, -0.05) is 40.2 Å². The van der Waals surface area contributed by atoms with Crippen LogP contribution in [-0.2, 0) is 0 Å². The third-order valence-corrected chi connectivity index (χ3v) is 3.82. The number of amides is 1. The topological polar surface area (TPSA) is 54.9 Å². The molecule has 1 heterocycles. The van der Waals surface area contributed by atoms with Gasteiger partial charge in [0.1, 0.15) is 5.69 Å². The molecule has 104 valence electrons. The van der Waals surface area contributed by atoms with Crippen LogP contribution in [0.15, 0.2) is 53.3 Å². The van der Waals surface area contributed by atoms with Gasteiger partial charge in [-0.3, -0.25) is 9.78 Å². The van der Waals surface area contributed by atoms with Crippen molar-refractivity contribution in [2.24, 2.45) is 0 Å². The number of nitrogens with one attached hydrogen (secondary N) is 1. The molecule has 0 aliphatic rings. The molecule has 0 radical (unpaired) electrons. The van der Waals surface area contributed by atoms with Gasteiger partial charge in [-0.05, 0) is 24.4 Å². The summed E-state index contributed by atoms with van der Waals surface area (Å²) in [6, 6.07) is 11.7. The van der Waals surface area contributed by atoms with Crippen LogP contribution in [-0.4, -0.2) is 15.9 Å². The second kappa shape index (κ2) is 5.61. The molecule has 5 heteroatoms. The highest BCUT2D eigenvalue weighted by molar-refractivity contribution is 9.10. The lowest BCUT2D eigenvalue weighted by atomic mass is 10.1. The number of carbonyl (C=O) groups is 1. The zero-order chi connectivity index (χ0) is 14.8. The Morgan fingerprint density at radius 3 is 2.52 bits per heavy atom. The highest BCUT2D eigenvalue weighted by Gasteiger charge is 2.11. The number of nitrogens with zero attached hydrogens (tertiary/aromatic N) is 2. The molecule has 0 aliphatic carbocycles. The summed E-state index contributed by atoms with van der Waals surface area (Å²) in [4.78, 5) is 20.4. The fraction of sp³-hybridized carbons (Fsp3) is 0.0625. The third kappa shape index (κ3) is 2.78. The summed E-state index contributed by atoms with van der Waals surface area (Å²) < 4.78 is 0.992. The lowest BCUT2D eigenvalue weighted by molar-refractivity contribution is 0.102. The van der Waals surface area contributed by atoms with Crippen molar-refractivity contribution in [1.82, 2.24) is 9.97 Å². The van der Waals surface area contributed by atoms with Gasteiger partial charge in [-0.15, -0.1) is 0 Å². The molecule has 4 nitrogen and oxygen atoms in total. The van der Waals surface area contributed by atoms with Crippen LogP contribution in [0.1, 0.15) is 16.2 Å². The number of anilines is 1. The van der Waals surface area contributed by atoms with E-state index in [-0.39, 0.29) is 5.91 Å². The first kappa shape index (κ1) is 13.7. The van der Waals surface area contributed by atoms with Crippen molar-refractivity contribution in [3.8, 4) is 0 Å². The lowest BCUT2D eigenvalue weighted by Crippen LogP contribution is -2.14. The van der Waals surface area contributed by atoms with Crippen LogP contribution >= 0.6 is 15.9 Å². The van der Waals surface area contributed by atoms with E-state index in [1.807, 2.05) is 43.3 Å². The predicted molar refractivity (Wildman–Crippen MR) is 86.4 cm³/mol. The maximum atomic E-state index is 12.2. The highest BCUT2D eigenvalue weighted by Crippen LogP contribution is 2.30. The van der Waals surface area contributed by atoms with Crippen LogP contribution in [0.2, 0.25) is 0 Å². The van der Waals surface area contributed by atoms with Gasteiger partial charge in [0.15, 0.2) is 0 Å². The van der Waals surface area contributed by atoms with Crippen molar-refractivity contribution in [3.05, 3.63) is 64.7 Å². The normalized spacial score (nSPS) is 10.6. The van der Waals surface area contributed by atoms with Gasteiger partial charge in [-0.2, -0.15) is 0 Å². The molecule has 0 atom stereocenters. The number of halogens is 1. The van der Waals surface area contributed by atoms with Crippen molar-refractivity contribution >= 4 is 38.3 Å². The zero-order valence-electron chi connectivity index (χ0n) is 11.3. The smallest absolute Gasteiger partial charge is 0.275 e. The SMILES string of the molecule is Cc1cnc(C(=O)Nc2ccc(Br)c3ccccc23)cn1. The molecule has 21 heavy (non-hydrogen) atoms. The minimum atomic E-state index is -0.269. The number of rotatable bonds is 2. The largest absolute Gasteiger partial charge is 0.320 e. The average Bonchev–Trinajstić information content (AvgIpc) is 2.51. The summed E-state index contributed by atoms with van der Waals surface area (Å²) >= 11 is 3.52. The van der Waals surface area contributed by atoms with Crippen molar-refractivity contribution in [3.63, 3.8) is 0 Å². The van der Waals surface area contributed by atoms with Crippen molar-refractivity contribution in [2.75, 3.05) is 5.32 Å². The highest BCUT2D eigenvalue weighted by atomic mass is 79.9. The van der Waals surface area contributed by atoms with Gasteiger partial charge >= 0.3 is 0 Å². The molecule has 3 aromatic rings. The number of fused-ring (bicyclic) bond motifs is 1. The molecule has 1 amide bonds. The number of hydrogen-bond acceptors (Lipinski definition) is 3. The Hall–Kier alpha value is -2.27. The number of aromatic nitrogens is 2. The van der Waals surface area contributed by atoms with Gasteiger partial charge in [0.05, 0.1) is 11.9 Å². The Morgan fingerprint density at radius 1 is 1.05 bits per heavy atom. The number of carbonyl (C=O) groups excluding carboxylic acids is 1. The fourth-order valence-electron chi connectivity index (χ4n) is 2.07. The minimum Gasteiger partial charge on any atom is -0.320 e. The van der Waals surface area contributed by atoms with E-state index in [1.165, 1.54) is 6.20 Å². The van der Waals surface area contributed by atoms with Crippen LogP contribution in [0, 0.1) is 6.92 Å². The Bertz CT molecular complexity index is 815. The lowest BCUT2D eigenvalue weighted by Gasteiger charge is -2.09. The molecule has 0 spiro atoms. The Morgan fingerprint density at radius 2 is 1.81 bits per heavy atom. The molecule has 0 unspecified atom stereocenters. The van der Waals surface area contributed by atoms with E-state index in [0.717, 1.165) is 26.6 Å². The third-order valence-electron chi connectivity index (χ3n) is 3.13. The summed E-state index contributed by atoms with van der Waals surface area (Å²) in [7, 11) is 0. The van der Waals surface area contributed by atoms with Crippen LogP contribution in [0.4, 0.5) is 5.69 Å². The summed E-state index contributed by atoms with van der Waals surface area (Å²) in [5.41, 5.74) is 1.83. The van der Waals surface area contributed by atoms with Crippen molar-refractivity contribution < 1.29 is 4.79 Å². The molecule has 0 fully saturated rings. The van der Waals surface area contributed by atoms with E-state index in [0.29, 0.717) is 5.69 Å². The maximum Gasteiger partial charge on any atom is 0.275 e. The second-order valence-corrected chi connectivity index (χ2v) is 5.49. The van der Waals surface area contributed by atoms with Gasteiger partial charge in [-0.25, -0.2) is 4.98 Å². The van der Waals surface area contributed by atoms with E-state index < -0.39 is 0 Å². The molecule has 3 rings (SSSR count). The molecule has 0 aliphatic heterocycles. The Kier molecular flexibility index (Phi) is 3.66. The first-order valence-electron chi connectivity index (χ1n) is 6.42. The van der Waals surface area contributed by atoms with Crippen molar-refractivity contribution in [1.29, 1.82) is 0 Å². The van der Waals surface area contributed by atoms with Crippen LogP contribution < -0.4 is 5.32 Å². The minimum absolute atomic E-state index is 0.269. The van der Waals surface area contributed by atoms with Gasteiger partial charge in [0, 0.05) is 21.7 Å². The average molecular weight is 342 g/mol. The molecule has 0 saturated carbocycles. The number of hydrogen-bond donors (Lipinski definition) is 1. The molecular weight excluding hydrogens is 330 g/mol. The number of aryl methyl sites for hydroxylation is 1. The van der Waals surface area contributed by atoms with Crippen LogP contribution in [0.5, 0.6) is 0 Å². The summed E-state index contributed by atoms with van der Waals surface area (Å²) in [5.74, 6) is -0.269. The van der Waals surface area contributed by atoms with Gasteiger partial charge in [0.2, 0.25) is 0 Å². The Labute approximate surface area is 130 Å². The van der Waals surface area contributed by atoms with E-state index in [9.17, 15) is 4.79 Å². The molecule has 0 saturated heterocycles.